The van der Waals surface area contributed by atoms with Crippen molar-refractivity contribution in [3.05, 3.63) is 71.6 Å². The van der Waals surface area contributed by atoms with Gasteiger partial charge in [0.15, 0.2) is 0 Å². The highest BCUT2D eigenvalue weighted by molar-refractivity contribution is 5.53. The summed E-state index contributed by atoms with van der Waals surface area (Å²) in [5, 5.41) is 3.45. The minimum atomic E-state index is 0.852. The molecule has 0 aliphatic carbocycles. The van der Waals surface area contributed by atoms with Crippen LogP contribution in [-0.2, 0) is 6.54 Å². The molecule has 87 valence electrons. The molecule has 1 heteroatoms. The van der Waals surface area contributed by atoms with Crippen LogP contribution in [0.15, 0.2) is 42.5 Å². The fourth-order valence-electron chi connectivity index (χ4n) is 2.00. The monoisotopic (exact) mass is 224 g/mol. The van der Waals surface area contributed by atoms with Gasteiger partial charge in [-0.05, 0) is 49.1 Å². The van der Waals surface area contributed by atoms with Crippen molar-refractivity contribution in [2.45, 2.75) is 20.4 Å². The lowest BCUT2D eigenvalue weighted by atomic mass is 10.0. The lowest BCUT2D eigenvalue weighted by molar-refractivity contribution is 1.09. The molecule has 0 bridgehead atoms. The molecule has 1 radical (unpaired) electrons. The minimum Gasteiger partial charge on any atom is -0.381 e. The first-order valence-electron chi connectivity index (χ1n) is 5.88. The molecule has 0 unspecified atom stereocenters. The number of rotatable bonds is 3. The smallest absolute Gasteiger partial charge is 0.0406 e. The summed E-state index contributed by atoms with van der Waals surface area (Å²) in [7, 11) is 0. The molecule has 0 fully saturated rings. The second kappa shape index (κ2) is 5.05. The van der Waals surface area contributed by atoms with E-state index in [9.17, 15) is 0 Å². The van der Waals surface area contributed by atoms with Gasteiger partial charge in [-0.25, -0.2) is 0 Å². The van der Waals surface area contributed by atoms with Crippen LogP contribution < -0.4 is 5.32 Å². The van der Waals surface area contributed by atoms with E-state index in [4.69, 9.17) is 0 Å². The van der Waals surface area contributed by atoms with Crippen LogP contribution in [0.4, 0.5) is 5.69 Å². The van der Waals surface area contributed by atoms with Crippen molar-refractivity contribution < 1.29 is 0 Å². The zero-order chi connectivity index (χ0) is 12.3. The average molecular weight is 224 g/mol. The summed E-state index contributed by atoms with van der Waals surface area (Å²) in [5.41, 5.74) is 6.18. The van der Waals surface area contributed by atoms with Gasteiger partial charge in [0, 0.05) is 12.2 Å². The van der Waals surface area contributed by atoms with Gasteiger partial charge in [-0.3, -0.25) is 0 Å². The molecule has 0 spiro atoms. The number of benzene rings is 2. The number of hydrogen-bond acceptors (Lipinski definition) is 1. The van der Waals surface area contributed by atoms with E-state index in [1.54, 1.807) is 0 Å². The zero-order valence-corrected chi connectivity index (χ0v) is 10.5. The first-order chi connectivity index (χ1) is 8.18. The lowest BCUT2D eigenvalue weighted by Crippen LogP contribution is -2.04. The van der Waals surface area contributed by atoms with Gasteiger partial charge >= 0.3 is 0 Å². The van der Waals surface area contributed by atoms with Crippen molar-refractivity contribution in [3.8, 4) is 0 Å². The molecular formula is C16H18N. The number of nitrogens with one attached hydrogen (secondary N) is 1. The molecular weight excluding hydrogens is 206 g/mol. The third-order valence-corrected chi connectivity index (χ3v) is 3.12. The Morgan fingerprint density at radius 2 is 1.59 bits per heavy atom. The number of anilines is 1. The van der Waals surface area contributed by atoms with Crippen LogP contribution in [0.2, 0.25) is 0 Å². The third-order valence-electron chi connectivity index (χ3n) is 3.12. The second-order valence-corrected chi connectivity index (χ2v) is 4.38. The first kappa shape index (κ1) is 11.7. The van der Waals surface area contributed by atoms with Gasteiger partial charge in [0.25, 0.3) is 0 Å². The Morgan fingerprint density at radius 3 is 2.24 bits per heavy atom. The lowest BCUT2D eigenvalue weighted by Gasteiger charge is -2.13. The molecule has 0 atom stereocenters. The van der Waals surface area contributed by atoms with Crippen LogP contribution in [-0.4, -0.2) is 0 Å². The van der Waals surface area contributed by atoms with Gasteiger partial charge in [0.05, 0.1) is 0 Å². The minimum absolute atomic E-state index is 0.852. The normalized spacial score (nSPS) is 10.3. The number of para-hydroxylation sites is 1. The molecule has 2 aromatic carbocycles. The molecule has 17 heavy (non-hydrogen) atoms. The van der Waals surface area contributed by atoms with Crippen LogP contribution in [0, 0.1) is 20.8 Å². The van der Waals surface area contributed by atoms with Gasteiger partial charge in [0.1, 0.15) is 0 Å². The maximum atomic E-state index is 4.02. The van der Waals surface area contributed by atoms with Gasteiger partial charge in [-0.15, -0.1) is 0 Å². The van der Waals surface area contributed by atoms with Crippen molar-refractivity contribution in [3.63, 3.8) is 0 Å². The topological polar surface area (TPSA) is 12.0 Å². The Bertz CT molecular complexity index is 494. The van der Waals surface area contributed by atoms with E-state index in [-0.39, 0.29) is 0 Å². The molecule has 1 N–H and O–H groups in total. The SMILES string of the molecule is [CH2]c1ccccc1NCc1c(C)cccc1C. The van der Waals surface area contributed by atoms with E-state index in [1.165, 1.54) is 16.7 Å². The Morgan fingerprint density at radius 1 is 0.941 bits per heavy atom. The maximum Gasteiger partial charge on any atom is 0.0406 e. The molecule has 0 amide bonds. The maximum absolute atomic E-state index is 4.02. The summed E-state index contributed by atoms with van der Waals surface area (Å²) in [6.45, 7) is 9.17. The largest absolute Gasteiger partial charge is 0.381 e. The van der Waals surface area contributed by atoms with Crippen LogP contribution in [0.5, 0.6) is 0 Å². The van der Waals surface area contributed by atoms with E-state index in [0.29, 0.717) is 0 Å². The van der Waals surface area contributed by atoms with Crippen LogP contribution in [0.3, 0.4) is 0 Å². The summed E-state index contributed by atoms with van der Waals surface area (Å²) in [6, 6.07) is 14.5. The molecule has 0 heterocycles. The summed E-state index contributed by atoms with van der Waals surface area (Å²) in [5.74, 6) is 0. The second-order valence-electron chi connectivity index (χ2n) is 4.38. The van der Waals surface area contributed by atoms with E-state index in [2.05, 4.69) is 50.4 Å². The van der Waals surface area contributed by atoms with Gasteiger partial charge in [-0.2, -0.15) is 0 Å². The molecule has 0 saturated heterocycles. The van der Waals surface area contributed by atoms with Crippen molar-refractivity contribution in [2.75, 3.05) is 5.32 Å². The fraction of sp³-hybridized carbons (Fsp3) is 0.188. The molecule has 2 rings (SSSR count). The molecule has 0 aliphatic rings. The number of hydrogen-bond donors (Lipinski definition) is 1. The fourth-order valence-corrected chi connectivity index (χ4v) is 2.00. The van der Waals surface area contributed by atoms with E-state index < -0.39 is 0 Å². The quantitative estimate of drug-likeness (QED) is 0.827. The molecule has 2 aromatic rings. The van der Waals surface area contributed by atoms with Crippen molar-refractivity contribution >= 4 is 5.69 Å². The highest BCUT2D eigenvalue weighted by Gasteiger charge is 2.02. The Hall–Kier alpha value is -1.76. The average Bonchev–Trinajstić information content (AvgIpc) is 2.30. The van der Waals surface area contributed by atoms with Crippen LogP contribution in [0.25, 0.3) is 0 Å². The van der Waals surface area contributed by atoms with Crippen LogP contribution in [0.1, 0.15) is 22.3 Å². The van der Waals surface area contributed by atoms with E-state index in [1.807, 2.05) is 18.2 Å². The molecule has 0 aliphatic heterocycles. The van der Waals surface area contributed by atoms with Crippen molar-refractivity contribution in [2.24, 2.45) is 0 Å². The predicted octanol–water partition coefficient (Wildman–Crippen LogP) is 4.10. The Kier molecular flexibility index (Phi) is 3.48. The van der Waals surface area contributed by atoms with Gasteiger partial charge in [0.2, 0.25) is 0 Å². The summed E-state index contributed by atoms with van der Waals surface area (Å²) in [4.78, 5) is 0. The van der Waals surface area contributed by atoms with E-state index in [0.717, 1.165) is 17.8 Å². The Labute approximate surface area is 103 Å². The summed E-state index contributed by atoms with van der Waals surface area (Å²) >= 11 is 0. The summed E-state index contributed by atoms with van der Waals surface area (Å²) in [6.07, 6.45) is 0. The Balaban J connectivity index is 2.16. The first-order valence-corrected chi connectivity index (χ1v) is 5.88. The van der Waals surface area contributed by atoms with Crippen LogP contribution >= 0.6 is 0 Å². The van der Waals surface area contributed by atoms with E-state index >= 15 is 0 Å². The predicted molar refractivity (Wildman–Crippen MR) is 74.1 cm³/mol. The van der Waals surface area contributed by atoms with Crippen molar-refractivity contribution in [1.82, 2.24) is 0 Å². The summed E-state index contributed by atoms with van der Waals surface area (Å²) < 4.78 is 0. The highest BCUT2D eigenvalue weighted by atomic mass is 14.9. The standard InChI is InChI=1S/C16H18N/c1-12-8-6-9-13(2)15(12)11-17-16-10-5-4-7-14(16)3/h4-10,17H,3,11H2,1-2H3. The third kappa shape index (κ3) is 2.68. The highest BCUT2D eigenvalue weighted by Crippen LogP contribution is 2.18. The zero-order valence-electron chi connectivity index (χ0n) is 10.5. The number of aryl methyl sites for hydroxylation is 2. The molecule has 1 nitrogen and oxygen atoms in total. The molecule has 0 aromatic heterocycles. The van der Waals surface area contributed by atoms with Gasteiger partial charge in [-0.1, -0.05) is 36.4 Å². The van der Waals surface area contributed by atoms with Crippen molar-refractivity contribution in [1.29, 1.82) is 0 Å². The van der Waals surface area contributed by atoms with Gasteiger partial charge < -0.3 is 5.32 Å². The molecule has 0 saturated carbocycles.